The van der Waals surface area contributed by atoms with E-state index in [9.17, 15) is 8.78 Å². The normalized spacial score (nSPS) is 11.8. The van der Waals surface area contributed by atoms with Gasteiger partial charge in [0.2, 0.25) is 12.4 Å². The van der Waals surface area contributed by atoms with Crippen molar-refractivity contribution in [2.24, 2.45) is 10.9 Å². The van der Waals surface area contributed by atoms with E-state index in [2.05, 4.69) is 35.3 Å². The summed E-state index contributed by atoms with van der Waals surface area (Å²) in [7, 11) is 0. The molecule has 0 spiro atoms. The van der Waals surface area contributed by atoms with Gasteiger partial charge in [-0.2, -0.15) is 0 Å². The van der Waals surface area contributed by atoms with Gasteiger partial charge in [0.05, 0.1) is 28.3 Å². The third-order valence-electron chi connectivity index (χ3n) is 5.50. The van der Waals surface area contributed by atoms with E-state index < -0.39 is 6.43 Å². The van der Waals surface area contributed by atoms with Crippen molar-refractivity contribution in [1.82, 2.24) is 19.6 Å². The van der Waals surface area contributed by atoms with Gasteiger partial charge in [0.1, 0.15) is 0 Å². The van der Waals surface area contributed by atoms with Gasteiger partial charge in [0.15, 0.2) is 0 Å². The molecule has 0 saturated heterocycles. The van der Waals surface area contributed by atoms with E-state index in [1.54, 1.807) is 0 Å². The number of aliphatic imine (C=N–C) groups is 1. The minimum absolute atomic E-state index is 0.0278. The molecule has 1 atom stereocenters. The molecule has 0 aliphatic rings. The van der Waals surface area contributed by atoms with E-state index in [1.165, 1.54) is 26.2 Å². The Morgan fingerprint density at radius 2 is 1.74 bits per heavy atom. The lowest BCUT2D eigenvalue weighted by atomic mass is 10.0. The zero-order chi connectivity index (χ0) is 25.3. The number of halogens is 2. The third kappa shape index (κ3) is 7.57. The molecule has 34 heavy (non-hydrogen) atoms. The van der Waals surface area contributed by atoms with Crippen molar-refractivity contribution in [1.29, 1.82) is 0 Å². The molecule has 1 N–H and O–H groups in total. The maximum absolute atomic E-state index is 10.8. The molecule has 0 aromatic carbocycles. The highest BCUT2D eigenvalue weighted by Gasteiger charge is 2.14. The Morgan fingerprint density at radius 3 is 2.29 bits per heavy atom. The molecule has 0 saturated carbocycles. The average molecular weight is 473 g/mol. The number of fused-ring (bicyclic) bond motifs is 1. The maximum atomic E-state index is 10.8. The minimum atomic E-state index is -2.12. The van der Waals surface area contributed by atoms with Crippen molar-refractivity contribution < 1.29 is 8.78 Å². The number of anilines is 1. The number of rotatable bonds is 9. The number of alkyl halides is 2. The van der Waals surface area contributed by atoms with Crippen molar-refractivity contribution in [3.8, 4) is 11.3 Å². The first-order valence-corrected chi connectivity index (χ1v) is 12.1. The SMILES string of the molecule is CCC(F)F.CCCC(CC)CNc1nc(C)c2c(-c3ccc(N=C(C)C)c(C)n3)ccn2n1. The lowest BCUT2D eigenvalue weighted by Crippen LogP contribution is -2.16. The monoisotopic (exact) mass is 472 g/mol. The van der Waals surface area contributed by atoms with Crippen LogP contribution in [0.15, 0.2) is 29.4 Å². The zero-order valence-corrected chi connectivity index (χ0v) is 21.5. The van der Waals surface area contributed by atoms with Crippen LogP contribution in [0.25, 0.3) is 16.8 Å². The van der Waals surface area contributed by atoms with Crippen LogP contribution in [0, 0.1) is 19.8 Å². The standard InChI is InChI=1S/C23H32N6.C3H6F2/c1-7-9-18(8-2)14-24-23-27-17(6)22-19(12-13-29(22)28-23)21-11-10-20(16(5)26-21)25-15(3)4;1-2-3(4)5/h10-13,18H,7-9,14H2,1-6H3,(H,24,28);3H,2H2,1H3. The molecular weight excluding hydrogens is 434 g/mol. The third-order valence-corrected chi connectivity index (χ3v) is 5.50. The van der Waals surface area contributed by atoms with E-state index >= 15 is 0 Å². The molecular formula is C26H38F2N6. The Hall–Kier alpha value is -2.90. The van der Waals surface area contributed by atoms with Crippen molar-refractivity contribution in [3.05, 3.63) is 35.8 Å². The van der Waals surface area contributed by atoms with Crippen LogP contribution in [0.1, 0.15) is 71.7 Å². The van der Waals surface area contributed by atoms with Crippen molar-refractivity contribution in [2.45, 2.75) is 80.6 Å². The fourth-order valence-corrected chi connectivity index (χ4v) is 3.64. The average Bonchev–Trinajstić information content (AvgIpc) is 3.22. The minimum Gasteiger partial charge on any atom is -0.353 e. The van der Waals surface area contributed by atoms with Crippen LogP contribution in [-0.2, 0) is 0 Å². The lowest BCUT2D eigenvalue weighted by molar-refractivity contribution is 0.144. The number of hydrogen-bond donors (Lipinski definition) is 1. The van der Waals surface area contributed by atoms with E-state index in [0.29, 0.717) is 11.9 Å². The molecule has 3 aromatic heterocycles. The maximum Gasteiger partial charge on any atom is 0.241 e. The predicted octanol–water partition coefficient (Wildman–Crippen LogP) is 7.42. The number of aromatic nitrogens is 4. The van der Waals surface area contributed by atoms with Gasteiger partial charge in [-0.25, -0.2) is 18.3 Å². The van der Waals surface area contributed by atoms with Gasteiger partial charge in [-0.05, 0) is 58.2 Å². The number of hydrogen-bond acceptors (Lipinski definition) is 5. The summed E-state index contributed by atoms with van der Waals surface area (Å²) in [5, 5.41) is 8.10. The Labute approximate surface area is 201 Å². The fourth-order valence-electron chi connectivity index (χ4n) is 3.64. The smallest absolute Gasteiger partial charge is 0.241 e. The number of pyridine rings is 1. The summed E-state index contributed by atoms with van der Waals surface area (Å²) in [4.78, 5) is 14.0. The number of nitrogens with zero attached hydrogens (tertiary/aromatic N) is 5. The molecule has 8 heteroatoms. The summed E-state index contributed by atoms with van der Waals surface area (Å²) < 4.78 is 23.4. The van der Waals surface area contributed by atoms with Crippen LogP contribution in [-0.4, -0.2) is 38.3 Å². The zero-order valence-electron chi connectivity index (χ0n) is 21.5. The van der Waals surface area contributed by atoms with Gasteiger partial charge in [-0.15, -0.1) is 5.10 Å². The molecule has 0 bridgehead atoms. The molecule has 0 amide bonds. The molecule has 186 valence electrons. The summed E-state index contributed by atoms with van der Waals surface area (Å²) in [5.41, 5.74) is 6.74. The topological polar surface area (TPSA) is 67.5 Å². The van der Waals surface area contributed by atoms with Gasteiger partial charge < -0.3 is 5.32 Å². The predicted molar refractivity (Wildman–Crippen MR) is 138 cm³/mol. The van der Waals surface area contributed by atoms with Crippen molar-refractivity contribution in [2.75, 3.05) is 11.9 Å². The quantitative estimate of drug-likeness (QED) is 0.329. The summed E-state index contributed by atoms with van der Waals surface area (Å²) in [6, 6.07) is 6.10. The summed E-state index contributed by atoms with van der Waals surface area (Å²) >= 11 is 0. The van der Waals surface area contributed by atoms with E-state index in [1.807, 2.05) is 50.5 Å². The van der Waals surface area contributed by atoms with E-state index in [-0.39, 0.29) is 6.42 Å². The highest BCUT2D eigenvalue weighted by Crippen LogP contribution is 2.29. The molecule has 1 unspecified atom stereocenters. The van der Waals surface area contributed by atoms with E-state index in [0.717, 1.165) is 46.1 Å². The van der Waals surface area contributed by atoms with Gasteiger partial charge in [-0.1, -0.05) is 33.6 Å². The first kappa shape index (κ1) is 27.3. The highest BCUT2D eigenvalue weighted by atomic mass is 19.3. The first-order valence-electron chi connectivity index (χ1n) is 12.1. The van der Waals surface area contributed by atoms with Gasteiger partial charge in [0.25, 0.3) is 0 Å². The summed E-state index contributed by atoms with van der Waals surface area (Å²) in [5.74, 6) is 1.33. The molecule has 0 radical (unpaired) electrons. The second-order valence-corrected chi connectivity index (χ2v) is 8.65. The molecule has 0 aliphatic carbocycles. The van der Waals surface area contributed by atoms with Crippen LogP contribution < -0.4 is 5.32 Å². The van der Waals surface area contributed by atoms with Gasteiger partial charge in [-0.3, -0.25) is 9.98 Å². The van der Waals surface area contributed by atoms with Crippen molar-refractivity contribution in [3.63, 3.8) is 0 Å². The fraction of sp³-hybridized carbons (Fsp3) is 0.538. The first-order chi connectivity index (χ1) is 16.2. The second-order valence-electron chi connectivity index (χ2n) is 8.65. The molecule has 0 aliphatic heterocycles. The summed E-state index contributed by atoms with van der Waals surface area (Å²) in [6.45, 7) is 14.8. The largest absolute Gasteiger partial charge is 0.353 e. The van der Waals surface area contributed by atoms with Crippen LogP contribution in [0.3, 0.4) is 0 Å². The summed E-state index contributed by atoms with van der Waals surface area (Å²) in [6.07, 6.45) is 3.43. The Kier molecular flexibility index (Phi) is 10.5. The molecule has 6 nitrogen and oxygen atoms in total. The number of nitrogens with one attached hydrogen (secondary N) is 1. The Balaban J connectivity index is 0.000000739. The molecule has 3 aromatic rings. The lowest BCUT2D eigenvalue weighted by Gasteiger charge is -2.15. The van der Waals surface area contributed by atoms with Crippen LogP contribution in [0.5, 0.6) is 0 Å². The molecule has 3 rings (SSSR count). The number of aryl methyl sites for hydroxylation is 2. The molecule has 3 heterocycles. The van der Waals surface area contributed by atoms with Crippen molar-refractivity contribution >= 4 is 22.9 Å². The van der Waals surface area contributed by atoms with Gasteiger partial charge >= 0.3 is 0 Å². The molecule has 0 fully saturated rings. The van der Waals surface area contributed by atoms with Crippen LogP contribution in [0.4, 0.5) is 20.4 Å². The Bertz CT molecular complexity index is 1090. The van der Waals surface area contributed by atoms with Gasteiger partial charge in [0, 0.05) is 30.4 Å². The van der Waals surface area contributed by atoms with Crippen LogP contribution >= 0.6 is 0 Å². The highest BCUT2D eigenvalue weighted by molar-refractivity contribution is 5.84. The Morgan fingerprint density at radius 1 is 1.03 bits per heavy atom. The van der Waals surface area contributed by atoms with E-state index in [4.69, 9.17) is 9.97 Å². The van der Waals surface area contributed by atoms with Crippen LogP contribution in [0.2, 0.25) is 0 Å². The second kappa shape index (κ2) is 13.1.